The number of carboxylic acid groups (broad SMARTS) is 1. The average Bonchev–Trinajstić information content (AvgIpc) is 2.91. The van der Waals surface area contributed by atoms with Crippen molar-refractivity contribution in [2.45, 2.75) is 38.6 Å². The second-order valence-electron chi connectivity index (χ2n) is 9.38. The van der Waals surface area contributed by atoms with E-state index in [2.05, 4.69) is 53.8 Å². The number of rotatable bonds is 11. The molecule has 192 valence electrons. The van der Waals surface area contributed by atoms with Crippen molar-refractivity contribution in [1.82, 2.24) is 5.32 Å². The number of fused-ring (bicyclic) bond motifs is 1. The quantitative estimate of drug-likeness (QED) is 0.294. The zero-order chi connectivity index (χ0) is 26.2. The van der Waals surface area contributed by atoms with Gasteiger partial charge in [-0.1, -0.05) is 78.9 Å². The molecule has 0 bridgehead atoms. The van der Waals surface area contributed by atoms with E-state index in [-0.39, 0.29) is 26.2 Å². The van der Waals surface area contributed by atoms with Crippen molar-refractivity contribution in [3.8, 4) is 11.1 Å². The van der Waals surface area contributed by atoms with Gasteiger partial charge in [0.1, 0.15) is 6.04 Å². The summed E-state index contributed by atoms with van der Waals surface area (Å²) in [6, 6.07) is 28.1. The van der Waals surface area contributed by atoms with Crippen LogP contribution >= 0.6 is 11.8 Å². The van der Waals surface area contributed by atoms with Gasteiger partial charge in [-0.15, -0.1) is 0 Å². The van der Waals surface area contributed by atoms with Crippen molar-refractivity contribution in [2.24, 2.45) is 0 Å². The minimum Gasteiger partial charge on any atom is -1.00 e. The van der Waals surface area contributed by atoms with Crippen molar-refractivity contribution in [2.75, 3.05) is 12.0 Å². The third kappa shape index (κ3) is 7.54. The molecular formula is C32H34LiNO3S. The fraction of sp³-hybridized carbons (Fsp3) is 0.250. The maximum absolute atomic E-state index is 13.3. The van der Waals surface area contributed by atoms with Gasteiger partial charge < -0.3 is 11.8 Å². The summed E-state index contributed by atoms with van der Waals surface area (Å²) in [4.78, 5) is 25.0. The van der Waals surface area contributed by atoms with Gasteiger partial charge in [-0.2, -0.15) is 11.8 Å². The van der Waals surface area contributed by atoms with E-state index >= 15 is 0 Å². The summed E-state index contributed by atoms with van der Waals surface area (Å²) in [5.74, 6) is -0.697. The summed E-state index contributed by atoms with van der Waals surface area (Å²) in [6.07, 6.45) is 5.17. The van der Waals surface area contributed by atoms with Crippen molar-refractivity contribution in [3.63, 3.8) is 0 Å². The van der Waals surface area contributed by atoms with Crippen LogP contribution in [0.2, 0.25) is 0 Å². The molecule has 1 amide bonds. The van der Waals surface area contributed by atoms with E-state index in [0.717, 1.165) is 41.5 Å². The number of amides is 1. The van der Waals surface area contributed by atoms with Crippen LogP contribution in [0.5, 0.6) is 0 Å². The molecule has 0 aliphatic heterocycles. The summed E-state index contributed by atoms with van der Waals surface area (Å²) in [5.41, 5.74) is 5.88. The Labute approximate surface area is 242 Å². The van der Waals surface area contributed by atoms with Gasteiger partial charge in [-0.05, 0) is 89.3 Å². The molecule has 0 aromatic heterocycles. The predicted molar refractivity (Wildman–Crippen MR) is 156 cm³/mol. The fourth-order valence-electron chi connectivity index (χ4n) is 4.66. The van der Waals surface area contributed by atoms with Crippen LogP contribution in [0.25, 0.3) is 21.9 Å². The van der Waals surface area contributed by atoms with Crippen LogP contribution in [0.3, 0.4) is 0 Å². The van der Waals surface area contributed by atoms with E-state index in [9.17, 15) is 14.7 Å². The average molecular weight is 520 g/mol. The molecule has 0 saturated heterocycles. The summed E-state index contributed by atoms with van der Waals surface area (Å²) >= 11 is 1.57. The number of hydrogen-bond donors (Lipinski definition) is 2. The van der Waals surface area contributed by atoms with Crippen LogP contribution in [-0.2, 0) is 17.6 Å². The van der Waals surface area contributed by atoms with Gasteiger partial charge in [0.05, 0.1) is 0 Å². The Morgan fingerprint density at radius 3 is 2.24 bits per heavy atom. The van der Waals surface area contributed by atoms with Crippen LogP contribution < -0.4 is 24.2 Å². The SMILES string of the molecule is CSCCC(NC(=O)c1ccc(CCCc2ccc3ccccc3c2)cc1-c1ccccc1C)C(=O)O.[H-].[Li+]. The Kier molecular flexibility index (Phi) is 11.1. The normalized spacial score (nSPS) is 11.5. The first kappa shape index (κ1) is 29.6. The van der Waals surface area contributed by atoms with Crippen molar-refractivity contribution >= 4 is 34.4 Å². The fourth-order valence-corrected chi connectivity index (χ4v) is 5.13. The number of aliphatic carboxylic acids is 1. The molecule has 4 aromatic rings. The predicted octanol–water partition coefficient (Wildman–Crippen LogP) is 4.04. The molecule has 4 aromatic carbocycles. The molecule has 0 saturated carbocycles. The summed E-state index contributed by atoms with van der Waals surface area (Å²) in [5, 5.41) is 14.9. The summed E-state index contributed by atoms with van der Waals surface area (Å²) in [7, 11) is 0. The largest absolute Gasteiger partial charge is 1.00 e. The third-order valence-electron chi connectivity index (χ3n) is 6.72. The number of aryl methyl sites for hydroxylation is 3. The van der Waals surface area contributed by atoms with Crippen LogP contribution in [0.4, 0.5) is 0 Å². The van der Waals surface area contributed by atoms with Crippen LogP contribution in [0, 0.1) is 6.92 Å². The maximum Gasteiger partial charge on any atom is 1.00 e. The molecule has 2 N–H and O–H groups in total. The molecule has 0 aliphatic carbocycles. The maximum atomic E-state index is 13.3. The van der Waals surface area contributed by atoms with Crippen molar-refractivity contribution < 1.29 is 35.0 Å². The Morgan fingerprint density at radius 1 is 0.868 bits per heavy atom. The minimum atomic E-state index is -1.01. The molecule has 0 heterocycles. The molecule has 4 nitrogen and oxygen atoms in total. The molecule has 38 heavy (non-hydrogen) atoms. The Bertz CT molecular complexity index is 1410. The van der Waals surface area contributed by atoms with Crippen molar-refractivity contribution in [3.05, 3.63) is 107 Å². The Balaban J connectivity index is 0.00000267. The molecular weight excluding hydrogens is 485 g/mol. The first-order valence-corrected chi connectivity index (χ1v) is 14.0. The van der Waals surface area contributed by atoms with Gasteiger partial charge in [0, 0.05) is 5.56 Å². The number of carbonyl (C=O) groups excluding carboxylic acids is 1. The van der Waals surface area contributed by atoms with E-state index in [0.29, 0.717) is 17.7 Å². The zero-order valence-electron chi connectivity index (χ0n) is 23.4. The minimum absolute atomic E-state index is 0. The number of thioether (sulfide) groups is 1. The second-order valence-corrected chi connectivity index (χ2v) is 10.4. The number of benzene rings is 4. The first-order valence-electron chi connectivity index (χ1n) is 12.7. The molecule has 6 heteroatoms. The van der Waals surface area contributed by atoms with Crippen LogP contribution in [-0.4, -0.2) is 35.0 Å². The summed E-state index contributed by atoms with van der Waals surface area (Å²) in [6.45, 7) is 2.03. The third-order valence-corrected chi connectivity index (χ3v) is 7.37. The first-order chi connectivity index (χ1) is 18.0. The number of carbonyl (C=O) groups is 2. The van der Waals surface area contributed by atoms with Gasteiger partial charge in [-0.3, -0.25) is 4.79 Å². The van der Waals surface area contributed by atoms with Gasteiger partial charge in [0.25, 0.3) is 5.91 Å². The zero-order valence-corrected chi connectivity index (χ0v) is 23.2. The van der Waals surface area contributed by atoms with Gasteiger partial charge in [0.15, 0.2) is 0 Å². The Morgan fingerprint density at radius 2 is 1.53 bits per heavy atom. The molecule has 1 atom stereocenters. The molecule has 0 spiro atoms. The van der Waals surface area contributed by atoms with Gasteiger partial charge in [0.2, 0.25) is 0 Å². The summed E-state index contributed by atoms with van der Waals surface area (Å²) < 4.78 is 0. The molecule has 0 radical (unpaired) electrons. The van der Waals surface area contributed by atoms with Crippen molar-refractivity contribution in [1.29, 1.82) is 0 Å². The van der Waals surface area contributed by atoms with Crippen LogP contribution in [0.15, 0.2) is 84.9 Å². The number of nitrogens with one attached hydrogen (secondary N) is 1. The molecule has 4 rings (SSSR count). The monoisotopic (exact) mass is 519 g/mol. The van der Waals surface area contributed by atoms with E-state index in [1.54, 1.807) is 11.8 Å². The standard InChI is InChI=1S/C32H33NO3S.Li.H/c1-22-8-3-6-13-27(22)29-21-24(10-7-9-23-14-16-25-11-4-5-12-26(25)20-23)15-17-28(29)31(34)33-30(32(35)36)18-19-37-2;;/h3-6,8,11-17,20-21,30H,7,9-10,18-19H2,1-2H3,(H,33,34)(H,35,36);;/q;+1;-1. The van der Waals surface area contributed by atoms with Gasteiger partial charge >= 0.3 is 24.8 Å². The molecule has 1 unspecified atom stereocenters. The number of hydrogen-bond acceptors (Lipinski definition) is 3. The smallest absolute Gasteiger partial charge is 1.00 e. The van der Waals surface area contributed by atoms with E-state index in [1.165, 1.54) is 16.3 Å². The number of carboxylic acids is 1. The molecule has 0 aliphatic rings. The van der Waals surface area contributed by atoms with E-state index < -0.39 is 12.0 Å². The second kappa shape index (κ2) is 14.3. The van der Waals surface area contributed by atoms with E-state index in [4.69, 9.17) is 0 Å². The molecule has 0 fully saturated rings. The van der Waals surface area contributed by atoms with E-state index in [1.807, 2.05) is 49.6 Å². The van der Waals surface area contributed by atoms with Crippen LogP contribution in [0.1, 0.15) is 41.3 Å². The topological polar surface area (TPSA) is 66.4 Å². The van der Waals surface area contributed by atoms with Gasteiger partial charge in [-0.25, -0.2) is 4.79 Å². The Hall–Kier alpha value is -2.97.